The molecule has 26 heavy (non-hydrogen) atoms. The topological polar surface area (TPSA) is 57.7 Å². The molecule has 0 aliphatic carbocycles. The van der Waals surface area contributed by atoms with E-state index in [1.807, 2.05) is 18.2 Å². The maximum atomic E-state index is 12.8. The van der Waals surface area contributed by atoms with Crippen molar-refractivity contribution in [3.05, 3.63) is 65.7 Å². The van der Waals surface area contributed by atoms with Crippen LogP contribution in [0.4, 0.5) is 0 Å². The normalized spacial score (nSPS) is 17.8. The Morgan fingerprint density at radius 2 is 1.50 bits per heavy atom. The summed E-state index contributed by atoms with van der Waals surface area (Å²) in [5.74, 6) is -0.0718. The van der Waals surface area contributed by atoms with Crippen molar-refractivity contribution < 1.29 is 13.2 Å². The number of ketones is 1. The van der Waals surface area contributed by atoms with Gasteiger partial charge >= 0.3 is 0 Å². The zero-order valence-corrected chi connectivity index (χ0v) is 15.9. The molecule has 1 heterocycles. The summed E-state index contributed by atoms with van der Waals surface area (Å²) < 4.78 is 27.2. The first-order valence-electron chi connectivity index (χ1n) is 8.80. The van der Waals surface area contributed by atoms with E-state index in [-0.39, 0.29) is 16.7 Å². The Morgan fingerprint density at radius 1 is 0.923 bits per heavy atom. The van der Waals surface area contributed by atoms with Crippen LogP contribution in [0.3, 0.4) is 0 Å². The van der Waals surface area contributed by atoms with Crippen molar-refractivity contribution >= 4 is 15.8 Å². The summed E-state index contributed by atoms with van der Waals surface area (Å²) in [6.45, 7) is 5.94. The molecule has 0 aromatic heterocycles. The Kier molecular flexibility index (Phi) is 5.55. The van der Waals surface area contributed by atoms with Gasteiger partial charge in [-0.25, -0.2) is 8.42 Å². The first-order chi connectivity index (χ1) is 12.4. The zero-order valence-electron chi connectivity index (χ0n) is 15.1. The molecule has 3 rings (SSSR count). The minimum Gasteiger partial charge on any atom is -0.295 e. The number of sulfonamides is 1. The molecular weight excluding hydrogens is 348 g/mol. The van der Waals surface area contributed by atoms with Crippen LogP contribution in [-0.4, -0.2) is 49.6 Å². The lowest BCUT2D eigenvalue weighted by Crippen LogP contribution is -2.49. The molecule has 1 atom stereocenters. The Labute approximate surface area is 155 Å². The van der Waals surface area contributed by atoms with Gasteiger partial charge in [-0.1, -0.05) is 42.5 Å². The molecule has 1 saturated heterocycles. The average Bonchev–Trinajstić information content (AvgIpc) is 2.68. The molecule has 0 amide bonds. The van der Waals surface area contributed by atoms with Crippen molar-refractivity contribution in [2.75, 3.05) is 26.2 Å². The largest absolute Gasteiger partial charge is 0.295 e. The minimum atomic E-state index is -3.52. The van der Waals surface area contributed by atoms with Crippen molar-refractivity contribution in [3.63, 3.8) is 0 Å². The smallest absolute Gasteiger partial charge is 0.243 e. The first kappa shape index (κ1) is 18.8. The molecule has 5 nitrogen and oxygen atoms in total. The fraction of sp³-hybridized carbons (Fsp3) is 0.350. The number of hydrogen-bond acceptors (Lipinski definition) is 4. The van der Waals surface area contributed by atoms with E-state index in [1.54, 1.807) is 12.1 Å². The van der Waals surface area contributed by atoms with Crippen LogP contribution in [0.2, 0.25) is 0 Å². The van der Waals surface area contributed by atoms with Gasteiger partial charge in [0.15, 0.2) is 5.78 Å². The van der Waals surface area contributed by atoms with Crippen molar-refractivity contribution in [2.45, 2.75) is 24.8 Å². The van der Waals surface area contributed by atoms with Crippen LogP contribution in [0, 0.1) is 0 Å². The van der Waals surface area contributed by atoms with Crippen molar-refractivity contribution in [3.8, 4) is 0 Å². The molecule has 1 aliphatic heterocycles. The molecule has 0 spiro atoms. The first-order valence-corrected chi connectivity index (χ1v) is 10.2. The summed E-state index contributed by atoms with van der Waals surface area (Å²) in [5, 5.41) is 0. The van der Waals surface area contributed by atoms with Crippen molar-refractivity contribution in [2.24, 2.45) is 0 Å². The summed E-state index contributed by atoms with van der Waals surface area (Å²) in [5.41, 5.74) is 1.76. The third-order valence-electron chi connectivity index (χ3n) is 5.00. The van der Waals surface area contributed by atoms with E-state index in [0.29, 0.717) is 31.7 Å². The van der Waals surface area contributed by atoms with Gasteiger partial charge in [-0.2, -0.15) is 4.31 Å². The van der Waals surface area contributed by atoms with E-state index in [2.05, 4.69) is 24.0 Å². The van der Waals surface area contributed by atoms with Gasteiger partial charge in [-0.3, -0.25) is 9.69 Å². The summed E-state index contributed by atoms with van der Waals surface area (Å²) in [7, 11) is -3.52. The van der Waals surface area contributed by atoms with Crippen LogP contribution in [0.1, 0.15) is 35.8 Å². The second-order valence-corrected chi connectivity index (χ2v) is 8.55. The number of piperazine rings is 1. The lowest BCUT2D eigenvalue weighted by molar-refractivity contribution is 0.101. The van der Waals surface area contributed by atoms with Crippen LogP contribution in [-0.2, 0) is 10.0 Å². The number of carbonyl (C=O) groups is 1. The third-order valence-corrected chi connectivity index (χ3v) is 6.91. The third kappa shape index (κ3) is 3.87. The molecule has 0 bridgehead atoms. The SMILES string of the molecule is CC(=O)c1ccc(S(=O)(=O)N2CCN([C@@H](C)c3ccccc3)CC2)cc1. The summed E-state index contributed by atoms with van der Waals surface area (Å²) >= 11 is 0. The number of nitrogens with zero attached hydrogens (tertiary/aromatic N) is 2. The van der Waals surface area contributed by atoms with E-state index in [9.17, 15) is 13.2 Å². The Morgan fingerprint density at radius 3 is 2.04 bits per heavy atom. The molecule has 138 valence electrons. The molecule has 2 aromatic rings. The number of rotatable bonds is 5. The summed E-state index contributed by atoms with van der Waals surface area (Å²) in [6, 6.07) is 16.7. The van der Waals surface area contributed by atoms with Gasteiger partial charge in [0.2, 0.25) is 10.0 Å². The summed E-state index contributed by atoms with van der Waals surface area (Å²) in [6.07, 6.45) is 0. The van der Waals surface area contributed by atoms with Crippen LogP contribution < -0.4 is 0 Å². The molecule has 2 aromatic carbocycles. The van der Waals surface area contributed by atoms with E-state index < -0.39 is 10.0 Å². The van der Waals surface area contributed by atoms with Gasteiger partial charge < -0.3 is 0 Å². The highest BCUT2D eigenvalue weighted by molar-refractivity contribution is 7.89. The maximum Gasteiger partial charge on any atom is 0.243 e. The highest BCUT2D eigenvalue weighted by Crippen LogP contribution is 2.24. The van der Waals surface area contributed by atoms with Crippen LogP contribution in [0.5, 0.6) is 0 Å². The van der Waals surface area contributed by atoms with E-state index in [1.165, 1.54) is 28.9 Å². The van der Waals surface area contributed by atoms with Crippen molar-refractivity contribution in [1.29, 1.82) is 0 Å². The second-order valence-electron chi connectivity index (χ2n) is 6.61. The standard InChI is InChI=1S/C20H24N2O3S/c1-16(18-6-4-3-5-7-18)21-12-14-22(15-13-21)26(24,25)20-10-8-19(9-11-20)17(2)23/h3-11,16H,12-15H2,1-2H3/t16-/m0/s1. The predicted molar refractivity (Wildman–Crippen MR) is 102 cm³/mol. The zero-order chi connectivity index (χ0) is 18.7. The van der Waals surface area contributed by atoms with Gasteiger partial charge in [0.05, 0.1) is 4.90 Å². The van der Waals surface area contributed by atoms with Crippen molar-refractivity contribution in [1.82, 2.24) is 9.21 Å². The predicted octanol–water partition coefficient (Wildman–Crippen LogP) is 2.96. The maximum absolute atomic E-state index is 12.8. The number of hydrogen-bond donors (Lipinski definition) is 0. The number of carbonyl (C=O) groups excluding carboxylic acids is 1. The van der Waals surface area contributed by atoms with E-state index in [4.69, 9.17) is 0 Å². The lowest BCUT2D eigenvalue weighted by Gasteiger charge is -2.37. The molecule has 6 heteroatoms. The molecule has 0 radical (unpaired) electrons. The van der Waals surface area contributed by atoms with Crippen LogP contribution in [0.15, 0.2) is 59.5 Å². The Bertz CT molecular complexity index is 856. The lowest BCUT2D eigenvalue weighted by atomic mass is 10.1. The molecule has 0 N–H and O–H groups in total. The van der Waals surface area contributed by atoms with Gasteiger partial charge in [0, 0.05) is 37.8 Å². The average molecular weight is 372 g/mol. The highest BCUT2D eigenvalue weighted by Gasteiger charge is 2.30. The Hall–Kier alpha value is -2.02. The van der Waals surface area contributed by atoms with Gasteiger partial charge in [0.1, 0.15) is 0 Å². The molecule has 0 saturated carbocycles. The van der Waals surface area contributed by atoms with E-state index >= 15 is 0 Å². The van der Waals surface area contributed by atoms with E-state index in [0.717, 1.165) is 0 Å². The molecule has 1 fully saturated rings. The van der Waals surface area contributed by atoms with Gasteiger partial charge in [-0.15, -0.1) is 0 Å². The molecule has 1 aliphatic rings. The monoisotopic (exact) mass is 372 g/mol. The van der Waals surface area contributed by atoms with Crippen LogP contribution in [0.25, 0.3) is 0 Å². The number of benzene rings is 2. The molecule has 0 unspecified atom stereocenters. The van der Waals surface area contributed by atoms with Gasteiger partial charge in [-0.05, 0) is 31.5 Å². The Balaban J connectivity index is 1.67. The quantitative estimate of drug-likeness (QED) is 0.757. The second kappa shape index (κ2) is 7.70. The summed E-state index contributed by atoms with van der Waals surface area (Å²) in [4.78, 5) is 13.9. The highest BCUT2D eigenvalue weighted by atomic mass is 32.2. The van der Waals surface area contributed by atoms with Gasteiger partial charge in [0.25, 0.3) is 0 Å². The van der Waals surface area contributed by atoms with Crippen LogP contribution >= 0.6 is 0 Å². The number of Topliss-reactive ketones (excluding diaryl/α,β-unsaturated/α-hetero) is 1. The fourth-order valence-corrected chi connectivity index (χ4v) is 4.71. The molecular formula is C20H24N2O3S. The minimum absolute atomic E-state index is 0.0718. The fourth-order valence-electron chi connectivity index (χ4n) is 3.28.